The first-order valence-electron chi connectivity index (χ1n) is 8.87. The summed E-state index contributed by atoms with van der Waals surface area (Å²) in [6.07, 6.45) is -0.493. The number of aliphatic hydroxyl groups is 1. The highest BCUT2D eigenvalue weighted by atomic mass is 16.3. The lowest BCUT2D eigenvalue weighted by Gasteiger charge is -2.35. The number of piperazine rings is 1. The van der Waals surface area contributed by atoms with E-state index in [4.69, 9.17) is 0 Å². The van der Waals surface area contributed by atoms with Gasteiger partial charge in [-0.2, -0.15) is 5.10 Å². The first kappa shape index (κ1) is 17.6. The van der Waals surface area contributed by atoms with Gasteiger partial charge in [0.15, 0.2) is 0 Å². The number of carbonyl (C=O) groups is 1. The van der Waals surface area contributed by atoms with Gasteiger partial charge in [-0.1, -0.05) is 30.3 Å². The molecule has 1 aliphatic heterocycles. The molecule has 1 aromatic carbocycles. The van der Waals surface area contributed by atoms with Crippen LogP contribution in [0.2, 0.25) is 0 Å². The van der Waals surface area contributed by atoms with Crippen LogP contribution >= 0.6 is 0 Å². The number of amides is 1. The van der Waals surface area contributed by atoms with E-state index in [0.29, 0.717) is 31.9 Å². The minimum Gasteiger partial charge on any atom is -0.387 e. The molecule has 1 fully saturated rings. The van der Waals surface area contributed by atoms with Gasteiger partial charge in [0, 0.05) is 39.3 Å². The number of benzene rings is 1. The molecule has 1 amide bonds. The molecule has 1 N–H and O–H groups in total. The molecule has 2 aromatic rings. The molecule has 1 unspecified atom stereocenters. The van der Waals surface area contributed by atoms with Crippen molar-refractivity contribution < 1.29 is 9.90 Å². The predicted molar refractivity (Wildman–Crippen MR) is 96.4 cm³/mol. The summed E-state index contributed by atoms with van der Waals surface area (Å²) < 4.78 is 1.77. The largest absolute Gasteiger partial charge is 0.387 e. The Balaban J connectivity index is 1.55. The minimum atomic E-state index is -0.493. The molecule has 1 saturated heterocycles. The summed E-state index contributed by atoms with van der Waals surface area (Å²) in [5.41, 5.74) is 2.47. The molecule has 0 bridgehead atoms. The Labute approximate surface area is 148 Å². The summed E-state index contributed by atoms with van der Waals surface area (Å²) in [7, 11) is 0. The SMILES string of the molecule is CCn1nc(C)cc1C(=O)N1CCN(CC(O)c2ccccc2)CC1. The fraction of sp³-hybridized carbons (Fsp3) is 0.474. The fourth-order valence-corrected chi connectivity index (χ4v) is 3.28. The Morgan fingerprint density at radius 1 is 1.20 bits per heavy atom. The highest BCUT2D eigenvalue weighted by Gasteiger charge is 2.25. The van der Waals surface area contributed by atoms with Crippen LogP contribution in [-0.4, -0.2) is 63.3 Å². The summed E-state index contributed by atoms with van der Waals surface area (Å²) in [6.45, 7) is 8.08. The molecule has 1 aromatic heterocycles. The Hall–Kier alpha value is -2.18. The standard InChI is InChI=1S/C19H26N4O2/c1-3-23-17(13-15(2)20-23)19(25)22-11-9-21(10-12-22)14-18(24)16-7-5-4-6-8-16/h4-8,13,18,24H,3,9-12,14H2,1-2H3. The molecule has 2 heterocycles. The number of nitrogens with zero attached hydrogens (tertiary/aromatic N) is 4. The van der Waals surface area contributed by atoms with Crippen molar-refractivity contribution in [1.29, 1.82) is 0 Å². The third-order valence-corrected chi connectivity index (χ3v) is 4.70. The van der Waals surface area contributed by atoms with Crippen molar-refractivity contribution in [3.05, 3.63) is 53.3 Å². The highest BCUT2D eigenvalue weighted by molar-refractivity contribution is 5.92. The van der Waals surface area contributed by atoms with Gasteiger partial charge in [0.1, 0.15) is 5.69 Å². The average molecular weight is 342 g/mol. The van der Waals surface area contributed by atoms with E-state index in [9.17, 15) is 9.90 Å². The second kappa shape index (κ2) is 7.80. The summed E-state index contributed by atoms with van der Waals surface area (Å²) in [6, 6.07) is 11.6. The zero-order valence-electron chi connectivity index (χ0n) is 14.9. The molecule has 134 valence electrons. The number of hydrogen-bond donors (Lipinski definition) is 1. The normalized spacial score (nSPS) is 16.8. The highest BCUT2D eigenvalue weighted by Crippen LogP contribution is 2.16. The Kier molecular flexibility index (Phi) is 5.50. The van der Waals surface area contributed by atoms with E-state index in [1.165, 1.54) is 0 Å². The van der Waals surface area contributed by atoms with Gasteiger partial charge >= 0.3 is 0 Å². The van der Waals surface area contributed by atoms with Crippen molar-refractivity contribution in [1.82, 2.24) is 19.6 Å². The van der Waals surface area contributed by atoms with Gasteiger partial charge in [0.05, 0.1) is 11.8 Å². The van der Waals surface area contributed by atoms with E-state index in [-0.39, 0.29) is 5.91 Å². The van der Waals surface area contributed by atoms with Crippen molar-refractivity contribution >= 4 is 5.91 Å². The fourth-order valence-electron chi connectivity index (χ4n) is 3.28. The van der Waals surface area contributed by atoms with E-state index < -0.39 is 6.10 Å². The van der Waals surface area contributed by atoms with Crippen LogP contribution in [0.3, 0.4) is 0 Å². The van der Waals surface area contributed by atoms with E-state index in [0.717, 1.165) is 24.3 Å². The molecule has 0 radical (unpaired) electrons. The van der Waals surface area contributed by atoms with Gasteiger partial charge in [-0.25, -0.2) is 0 Å². The van der Waals surface area contributed by atoms with Gasteiger partial charge in [-0.15, -0.1) is 0 Å². The maximum atomic E-state index is 12.7. The molecule has 1 aliphatic rings. The number of β-amino-alcohol motifs (C(OH)–C–C–N with tert-alkyl or cyclic N) is 1. The van der Waals surface area contributed by atoms with Crippen LogP contribution in [0.15, 0.2) is 36.4 Å². The van der Waals surface area contributed by atoms with Crippen LogP contribution in [0.4, 0.5) is 0 Å². The number of hydrogen-bond acceptors (Lipinski definition) is 4. The maximum absolute atomic E-state index is 12.7. The first-order chi connectivity index (χ1) is 12.1. The van der Waals surface area contributed by atoms with Gasteiger partial charge in [-0.3, -0.25) is 14.4 Å². The zero-order chi connectivity index (χ0) is 17.8. The molecule has 6 nitrogen and oxygen atoms in total. The summed E-state index contributed by atoms with van der Waals surface area (Å²) in [5, 5.41) is 14.7. The molecule has 25 heavy (non-hydrogen) atoms. The van der Waals surface area contributed by atoms with E-state index >= 15 is 0 Å². The van der Waals surface area contributed by atoms with Crippen LogP contribution in [0.5, 0.6) is 0 Å². The molecule has 1 atom stereocenters. The lowest BCUT2D eigenvalue weighted by Crippen LogP contribution is -2.49. The van der Waals surface area contributed by atoms with Crippen molar-refractivity contribution in [2.75, 3.05) is 32.7 Å². The molecular formula is C19H26N4O2. The number of carbonyl (C=O) groups excluding carboxylic acids is 1. The molecule has 0 aliphatic carbocycles. The third kappa shape index (κ3) is 4.08. The van der Waals surface area contributed by atoms with Crippen molar-refractivity contribution in [2.45, 2.75) is 26.5 Å². The lowest BCUT2D eigenvalue weighted by molar-refractivity contribution is 0.0518. The molecule has 0 spiro atoms. The van der Waals surface area contributed by atoms with Crippen LogP contribution < -0.4 is 0 Å². The molecule has 0 saturated carbocycles. The van der Waals surface area contributed by atoms with Gasteiger partial charge < -0.3 is 10.0 Å². The van der Waals surface area contributed by atoms with Crippen LogP contribution in [0.1, 0.15) is 34.8 Å². The lowest BCUT2D eigenvalue weighted by atomic mass is 10.1. The van der Waals surface area contributed by atoms with Crippen LogP contribution in [0.25, 0.3) is 0 Å². The van der Waals surface area contributed by atoms with Crippen LogP contribution in [0, 0.1) is 6.92 Å². The van der Waals surface area contributed by atoms with E-state index in [1.807, 2.05) is 55.1 Å². The predicted octanol–water partition coefficient (Wildman–Crippen LogP) is 1.70. The topological polar surface area (TPSA) is 61.6 Å². The van der Waals surface area contributed by atoms with Crippen molar-refractivity contribution in [2.24, 2.45) is 0 Å². The van der Waals surface area contributed by atoms with Gasteiger partial charge in [0.25, 0.3) is 5.91 Å². The molecule has 3 rings (SSSR count). The smallest absolute Gasteiger partial charge is 0.272 e. The number of rotatable bonds is 5. The first-order valence-corrected chi connectivity index (χ1v) is 8.87. The second-order valence-electron chi connectivity index (χ2n) is 6.51. The Morgan fingerprint density at radius 2 is 1.88 bits per heavy atom. The number of aryl methyl sites for hydroxylation is 2. The average Bonchev–Trinajstić information content (AvgIpc) is 3.03. The monoisotopic (exact) mass is 342 g/mol. The molecule has 6 heteroatoms. The van der Waals surface area contributed by atoms with Gasteiger partial charge in [0.2, 0.25) is 0 Å². The Bertz CT molecular complexity index is 705. The van der Waals surface area contributed by atoms with E-state index in [2.05, 4.69) is 10.00 Å². The maximum Gasteiger partial charge on any atom is 0.272 e. The Morgan fingerprint density at radius 3 is 2.52 bits per heavy atom. The zero-order valence-corrected chi connectivity index (χ0v) is 14.9. The van der Waals surface area contributed by atoms with Crippen molar-refractivity contribution in [3.8, 4) is 0 Å². The number of aliphatic hydroxyl groups excluding tert-OH is 1. The summed E-state index contributed by atoms with van der Waals surface area (Å²) in [5.74, 6) is 0.0470. The third-order valence-electron chi connectivity index (χ3n) is 4.70. The van der Waals surface area contributed by atoms with Gasteiger partial charge in [-0.05, 0) is 25.5 Å². The quantitative estimate of drug-likeness (QED) is 0.898. The summed E-state index contributed by atoms with van der Waals surface area (Å²) >= 11 is 0. The van der Waals surface area contributed by atoms with Crippen molar-refractivity contribution in [3.63, 3.8) is 0 Å². The minimum absolute atomic E-state index is 0.0470. The number of aromatic nitrogens is 2. The molecular weight excluding hydrogens is 316 g/mol. The van der Waals surface area contributed by atoms with Crippen LogP contribution in [-0.2, 0) is 6.54 Å². The summed E-state index contributed by atoms with van der Waals surface area (Å²) in [4.78, 5) is 16.8. The van der Waals surface area contributed by atoms with E-state index in [1.54, 1.807) is 4.68 Å². The second-order valence-corrected chi connectivity index (χ2v) is 6.51.